The zero-order chi connectivity index (χ0) is 14.7. The van der Waals surface area contributed by atoms with Crippen molar-refractivity contribution in [3.05, 3.63) is 60.4 Å². The molecule has 2 aromatic carbocycles. The summed E-state index contributed by atoms with van der Waals surface area (Å²) in [7, 11) is 0. The molecular weight excluding hydrogens is 282 g/mol. The minimum atomic E-state index is 0.118. The van der Waals surface area contributed by atoms with E-state index in [0.29, 0.717) is 5.76 Å². The molecule has 0 bridgehead atoms. The van der Waals surface area contributed by atoms with E-state index in [1.54, 1.807) is 0 Å². The van der Waals surface area contributed by atoms with Crippen molar-refractivity contribution in [3.8, 4) is 11.3 Å². The van der Waals surface area contributed by atoms with Crippen molar-refractivity contribution in [2.75, 3.05) is 0 Å². The number of nitrogens with one attached hydrogen (secondary N) is 1. The topological polar surface area (TPSA) is 63.5 Å². The molecule has 5 heteroatoms. The van der Waals surface area contributed by atoms with E-state index in [1.165, 1.54) is 17.0 Å². The number of hydrazone groups is 1. The summed E-state index contributed by atoms with van der Waals surface area (Å²) < 4.78 is 5.73. The molecule has 3 aromatic rings. The lowest BCUT2D eigenvalue weighted by Gasteiger charge is -2.00. The van der Waals surface area contributed by atoms with E-state index in [4.69, 9.17) is 10.2 Å². The number of rotatable bonds is 3. The fourth-order valence-electron chi connectivity index (χ4n) is 2.08. The number of nitrogens with two attached hydrogens (primary N) is 1. The first kappa shape index (κ1) is 13.3. The van der Waals surface area contributed by atoms with Crippen LogP contribution in [0.25, 0.3) is 22.1 Å². The van der Waals surface area contributed by atoms with E-state index in [9.17, 15) is 0 Å². The minimum absolute atomic E-state index is 0.118. The Balaban J connectivity index is 1.87. The second-order valence-corrected chi connectivity index (χ2v) is 4.94. The normalized spacial score (nSPS) is 11.0. The molecule has 0 aliphatic rings. The number of hydrogen-bond donors (Lipinski definition) is 2. The van der Waals surface area contributed by atoms with Gasteiger partial charge in [-0.25, -0.2) is 0 Å². The lowest BCUT2D eigenvalue weighted by Crippen LogP contribution is -2.23. The second kappa shape index (κ2) is 5.76. The molecule has 0 spiro atoms. The number of nitrogens with zero attached hydrogens (tertiary/aromatic N) is 1. The lowest BCUT2D eigenvalue weighted by atomic mass is 10.1. The summed E-state index contributed by atoms with van der Waals surface area (Å²) in [6, 6.07) is 18.2. The Morgan fingerprint density at radius 1 is 1.10 bits per heavy atom. The van der Waals surface area contributed by atoms with Crippen LogP contribution in [0.3, 0.4) is 0 Å². The summed E-state index contributed by atoms with van der Waals surface area (Å²) in [5, 5.41) is 6.36. The average molecular weight is 295 g/mol. The van der Waals surface area contributed by atoms with Crippen LogP contribution in [0, 0.1) is 0 Å². The van der Waals surface area contributed by atoms with Gasteiger partial charge in [0.15, 0.2) is 5.11 Å². The highest BCUT2D eigenvalue weighted by Gasteiger charge is 2.04. The van der Waals surface area contributed by atoms with Gasteiger partial charge >= 0.3 is 0 Å². The fraction of sp³-hybridized carbons (Fsp3) is 0. The van der Waals surface area contributed by atoms with Crippen LogP contribution in [0.1, 0.15) is 5.76 Å². The second-order valence-electron chi connectivity index (χ2n) is 4.50. The van der Waals surface area contributed by atoms with Crippen molar-refractivity contribution in [1.29, 1.82) is 0 Å². The molecule has 0 saturated carbocycles. The van der Waals surface area contributed by atoms with Crippen LogP contribution in [-0.4, -0.2) is 11.3 Å². The minimum Gasteiger partial charge on any atom is -0.455 e. The summed E-state index contributed by atoms with van der Waals surface area (Å²) in [6.07, 6.45) is 1.53. The predicted molar refractivity (Wildman–Crippen MR) is 89.2 cm³/mol. The fourth-order valence-corrected chi connectivity index (χ4v) is 2.13. The first-order valence-electron chi connectivity index (χ1n) is 6.40. The van der Waals surface area contributed by atoms with Crippen molar-refractivity contribution in [2.45, 2.75) is 0 Å². The third-order valence-corrected chi connectivity index (χ3v) is 3.12. The molecule has 3 rings (SSSR count). The summed E-state index contributed by atoms with van der Waals surface area (Å²) in [5.74, 6) is 1.42. The summed E-state index contributed by atoms with van der Waals surface area (Å²) in [5.41, 5.74) is 8.79. The van der Waals surface area contributed by atoms with Crippen molar-refractivity contribution in [3.63, 3.8) is 0 Å². The van der Waals surface area contributed by atoms with Crippen molar-refractivity contribution in [2.24, 2.45) is 10.8 Å². The monoisotopic (exact) mass is 295 g/mol. The SMILES string of the molecule is NC(=S)N/N=C/c1ccc(-c2ccc3ccccc3c2)o1. The van der Waals surface area contributed by atoms with Crippen LogP contribution in [0.15, 0.2) is 64.1 Å². The van der Waals surface area contributed by atoms with Gasteiger partial charge in [0.05, 0.1) is 6.21 Å². The van der Waals surface area contributed by atoms with Crippen molar-refractivity contribution >= 4 is 34.3 Å². The Morgan fingerprint density at radius 3 is 2.71 bits per heavy atom. The summed E-state index contributed by atoms with van der Waals surface area (Å²) in [4.78, 5) is 0. The van der Waals surface area contributed by atoms with Gasteiger partial charge in [-0.1, -0.05) is 36.4 Å². The molecule has 0 unspecified atom stereocenters. The molecule has 0 radical (unpaired) electrons. The van der Waals surface area contributed by atoms with Crippen LogP contribution in [0.4, 0.5) is 0 Å². The van der Waals surface area contributed by atoms with Gasteiger partial charge in [-0.05, 0) is 41.2 Å². The number of furan rings is 1. The van der Waals surface area contributed by atoms with Crippen LogP contribution < -0.4 is 11.2 Å². The maximum atomic E-state index is 5.73. The molecule has 0 saturated heterocycles. The molecule has 21 heavy (non-hydrogen) atoms. The van der Waals surface area contributed by atoms with Gasteiger partial charge in [0, 0.05) is 5.56 Å². The van der Waals surface area contributed by atoms with E-state index in [-0.39, 0.29) is 5.11 Å². The van der Waals surface area contributed by atoms with Gasteiger partial charge in [0.1, 0.15) is 11.5 Å². The van der Waals surface area contributed by atoms with Gasteiger partial charge in [-0.2, -0.15) is 5.10 Å². The molecule has 0 amide bonds. The molecule has 104 valence electrons. The maximum absolute atomic E-state index is 5.73. The van der Waals surface area contributed by atoms with E-state index in [2.05, 4.69) is 47.0 Å². The van der Waals surface area contributed by atoms with Gasteiger partial charge in [-0.3, -0.25) is 5.43 Å². The highest BCUT2D eigenvalue weighted by atomic mass is 32.1. The van der Waals surface area contributed by atoms with Crippen LogP contribution in [-0.2, 0) is 0 Å². The third kappa shape index (κ3) is 3.09. The van der Waals surface area contributed by atoms with E-state index >= 15 is 0 Å². The molecule has 0 aliphatic heterocycles. The van der Waals surface area contributed by atoms with Gasteiger partial charge in [-0.15, -0.1) is 0 Å². The molecule has 1 heterocycles. The van der Waals surface area contributed by atoms with Gasteiger partial charge in [0.2, 0.25) is 0 Å². The highest BCUT2D eigenvalue weighted by Crippen LogP contribution is 2.25. The average Bonchev–Trinajstić information content (AvgIpc) is 2.95. The lowest BCUT2D eigenvalue weighted by molar-refractivity contribution is 0.574. The van der Waals surface area contributed by atoms with E-state index < -0.39 is 0 Å². The van der Waals surface area contributed by atoms with Gasteiger partial charge < -0.3 is 10.2 Å². The number of hydrogen-bond acceptors (Lipinski definition) is 3. The highest BCUT2D eigenvalue weighted by molar-refractivity contribution is 7.80. The Morgan fingerprint density at radius 2 is 1.90 bits per heavy atom. The van der Waals surface area contributed by atoms with E-state index in [1.807, 2.05) is 30.3 Å². The van der Waals surface area contributed by atoms with Crippen LogP contribution in [0.5, 0.6) is 0 Å². The van der Waals surface area contributed by atoms with Crippen molar-refractivity contribution in [1.82, 2.24) is 5.43 Å². The van der Waals surface area contributed by atoms with Crippen molar-refractivity contribution < 1.29 is 4.42 Å². The largest absolute Gasteiger partial charge is 0.455 e. The number of thiocarbonyl (C=S) groups is 1. The Bertz CT molecular complexity index is 823. The molecule has 0 atom stereocenters. The standard InChI is InChI=1S/C16H13N3OS/c17-16(21)19-18-10-14-7-8-15(20-14)13-6-5-11-3-1-2-4-12(11)9-13/h1-10H,(H3,17,19,21)/b18-10+. The maximum Gasteiger partial charge on any atom is 0.184 e. The quantitative estimate of drug-likeness (QED) is 0.442. The van der Waals surface area contributed by atoms with Crippen LogP contribution >= 0.6 is 12.2 Å². The first-order valence-corrected chi connectivity index (χ1v) is 6.81. The number of benzene rings is 2. The van der Waals surface area contributed by atoms with E-state index in [0.717, 1.165) is 11.3 Å². The Hall–Kier alpha value is -2.66. The molecule has 0 fully saturated rings. The van der Waals surface area contributed by atoms with Crippen LogP contribution in [0.2, 0.25) is 0 Å². The zero-order valence-corrected chi connectivity index (χ0v) is 11.9. The molecule has 4 nitrogen and oxygen atoms in total. The zero-order valence-electron chi connectivity index (χ0n) is 11.1. The Kier molecular flexibility index (Phi) is 3.66. The molecule has 0 aliphatic carbocycles. The summed E-state index contributed by atoms with van der Waals surface area (Å²) in [6.45, 7) is 0. The predicted octanol–water partition coefficient (Wildman–Crippen LogP) is 3.27. The molecule has 3 N–H and O–H groups in total. The smallest absolute Gasteiger partial charge is 0.184 e. The number of fused-ring (bicyclic) bond motifs is 1. The molecular formula is C16H13N3OS. The Labute approximate surface area is 127 Å². The first-order chi connectivity index (χ1) is 10.2. The molecule has 1 aromatic heterocycles. The van der Waals surface area contributed by atoms with Gasteiger partial charge in [0.25, 0.3) is 0 Å². The summed E-state index contributed by atoms with van der Waals surface area (Å²) >= 11 is 4.66. The third-order valence-electron chi connectivity index (χ3n) is 3.03.